The van der Waals surface area contributed by atoms with Crippen molar-refractivity contribution in [3.8, 4) is 5.75 Å². The fourth-order valence-corrected chi connectivity index (χ4v) is 3.04. The topological polar surface area (TPSA) is 83.8 Å². The number of carbonyl (C=O) groups excluding carboxylic acids is 1. The van der Waals surface area contributed by atoms with Crippen LogP contribution in [0.4, 0.5) is 0 Å². The number of carbonyl (C=O) groups is 1. The Morgan fingerprint density at radius 1 is 1.04 bits per heavy atom. The van der Waals surface area contributed by atoms with Gasteiger partial charge in [-0.3, -0.25) is 9.36 Å². The van der Waals surface area contributed by atoms with E-state index in [0.29, 0.717) is 11.3 Å². The standard InChI is InChI=1S/C17H27O5P/c1-11(18)22-15-13(16(2,3)4)8-12(10-23(19,20)21)9-14(15)17(5,6)7/h8-9H,10H2,1-7H3,(H2,19,20,21). The number of hydrogen-bond donors (Lipinski definition) is 2. The van der Waals surface area contributed by atoms with E-state index in [1.165, 1.54) is 6.92 Å². The lowest BCUT2D eigenvalue weighted by Crippen LogP contribution is -2.21. The van der Waals surface area contributed by atoms with Gasteiger partial charge in [0.05, 0.1) is 6.16 Å². The minimum absolute atomic E-state index is 0.334. The average Bonchev–Trinajstić information content (AvgIpc) is 2.24. The van der Waals surface area contributed by atoms with Crippen molar-refractivity contribution in [2.75, 3.05) is 0 Å². The lowest BCUT2D eigenvalue weighted by atomic mass is 9.78. The lowest BCUT2D eigenvalue weighted by molar-refractivity contribution is -0.132. The molecule has 0 radical (unpaired) electrons. The average molecular weight is 342 g/mol. The van der Waals surface area contributed by atoms with Gasteiger partial charge in [0.25, 0.3) is 0 Å². The number of esters is 1. The first-order valence-electron chi connectivity index (χ1n) is 7.52. The normalized spacial score (nSPS) is 13.1. The first-order valence-corrected chi connectivity index (χ1v) is 9.32. The molecule has 0 aliphatic carbocycles. The van der Waals surface area contributed by atoms with Crippen LogP contribution in [0.1, 0.15) is 65.2 Å². The molecule has 2 N–H and O–H groups in total. The zero-order chi connectivity index (χ0) is 18.2. The van der Waals surface area contributed by atoms with Gasteiger partial charge in [-0.15, -0.1) is 0 Å². The highest BCUT2D eigenvalue weighted by atomic mass is 31.2. The van der Waals surface area contributed by atoms with Gasteiger partial charge in [-0.2, -0.15) is 0 Å². The second-order valence-electron chi connectivity index (χ2n) is 7.94. The minimum Gasteiger partial charge on any atom is -0.426 e. The van der Waals surface area contributed by atoms with Crippen molar-refractivity contribution in [1.29, 1.82) is 0 Å². The van der Waals surface area contributed by atoms with Crippen molar-refractivity contribution >= 4 is 13.6 Å². The van der Waals surface area contributed by atoms with E-state index in [1.54, 1.807) is 12.1 Å². The highest BCUT2D eigenvalue weighted by molar-refractivity contribution is 7.50. The molecule has 1 aromatic carbocycles. The molecule has 0 aliphatic rings. The van der Waals surface area contributed by atoms with Crippen LogP contribution in [0.2, 0.25) is 0 Å². The maximum Gasteiger partial charge on any atom is 0.329 e. The van der Waals surface area contributed by atoms with Gasteiger partial charge in [-0.05, 0) is 16.4 Å². The molecule has 0 unspecified atom stereocenters. The first-order chi connectivity index (χ1) is 10.1. The van der Waals surface area contributed by atoms with E-state index in [9.17, 15) is 19.1 Å². The van der Waals surface area contributed by atoms with Gasteiger partial charge in [0.15, 0.2) is 0 Å². The molecule has 1 aromatic rings. The quantitative estimate of drug-likeness (QED) is 0.495. The molecule has 0 bridgehead atoms. The Bertz CT molecular complexity index is 609. The van der Waals surface area contributed by atoms with E-state index in [1.807, 2.05) is 41.5 Å². The summed E-state index contributed by atoms with van der Waals surface area (Å²) in [7, 11) is -4.18. The molecule has 130 valence electrons. The molecule has 0 aromatic heterocycles. The molecular weight excluding hydrogens is 315 g/mol. The fraction of sp³-hybridized carbons (Fsp3) is 0.588. The number of rotatable bonds is 3. The Balaban J connectivity index is 3.71. The summed E-state index contributed by atoms with van der Waals surface area (Å²) in [6, 6.07) is 3.46. The highest BCUT2D eigenvalue weighted by Gasteiger charge is 2.29. The van der Waals surface area contributed by atoms with E-state index in [0.717, 1.165) is 11.1 Å². The zero-order valence-corrected chi connectivity index (χ0v) is 15.8. The Kier molecular flexibility index (Phi) is 5.52. The highest BCUT2D eigenvalue weighted by Crippen LogP contribution is 2.45. The summed E-state index contributed by atoms with van der Waals surface area (Å²) in [6.45, 7) is 13.2. The summed E-state index contributed by atoms with van der Waals surface area (Å²) < 4.78 is 16.9. The van der Waals surface area contributed by atoms with Crippen molar-refractivity contribution in [2.45, 2.75) is 65.5 Å². The Labute approximate surface area is 138 Å². The maximum atomic E-state index is 11.5. The SMILES string of the molecule is CC(=O)Oc1c(C(C)(C)C)cc(CP(=O)(O)O)cc1C(C)(C)C. The Hall–Kier alpha value is -1.16. The molecule has 0 fully saturated rings. The van der Waals surface area contributed by atoms with Gasteiger partial charge >= 0.3 is 13.6 Å². The molecule has 0 aliphatic heterocycles. The smallest absolute Gasteiger partial charge is 0.329 e. The van der Waals surface area contributed by atoms with Crippen LogP contribution in [0.5, 0.6) is 5.75 Å². The van der Waals surface area contributed by atoms with Gasteiger partial charge in [0.1, 0.15) is 5.75 Å². The number of hydrogen-bond acceptors (Lipinski definition) is 3. The monoisotopic (exact) mass is 342 g/mol. The molecule has 6 heteroatoms. The molecule has 0 spiro atoms. The van der Waals surface area contributed by atoms with E-state index in [-0.39, 0.29) is 17.0 Å². The number of benzene rings is 1. The maximum absolute atomic E-state index is 11.5. The van der Waals surface area contributed by atoms with E-state index in [2.05, 4.69) is 0 Å². The number of ether oxygens (including phenoxy) is 1. The summed E-state index contributed by atoms with van der Waals surface area (Å²) in [6.07, 6.45) is -0.334. The molecule has 0 heterocycles. The van der Waals surface area contributed by atoms with Crippen LogP contribution >= 0.6 is 7.60 Å². The molecule has 5 nitrogen and oxygen atoms in total. The Morgan fingerprint density at radius 2 is 1.43 bits per heavy atom. The van der Waals surface area contributed by atoms with E-state index < -0.39 is 13.6 Å². The molecule has 0 atom stereocenters. The van der Waals surface area contributed by atoms with Crippen molar-refractivity contribution in [1.82, 2.24) is 0 Å². The third-order valence-electron chi connectivity index (χ3n) is 3.40. The van der Waals surface area contributed by atoms with Crippen LogP contribution in [0.25, 0.3) is 0 Å². The Morgan fingerprint density at radius 3 is 1.70 bits per heavy atom. The van der Waals surface area contributed by atoms with E-state index >= 15 is 0 Å². The summed E-state index contributed by atoms with van der Waals surface area (Å²) in [5.74, 6) is 0.0794. The van der Waals surface area contributed by atoms with Crippen molar-refractivity contribution in [3.63, 3.8) is 0 Å². The molecule has 0 saturated carbocycles. The summed E-state index contributed by atoms with van der Waals surface area (Å²) in [5, 5.41) is 0. The summed E-state index contributed by atoms with van der Waals surface area (Å²) >= 11 is 0. The summed E-state index contributed by atoms with van der Waals surface area (Å²) in [4.78, 5) is 30.1. The van der Waals surface area contributed by atoms with Crippen molar-refractivity contribution < 1.29 is 23.9 Å². The summed E-state index contributed by atoms with van der Waals surface area (Å²) in [5.41, 5.74) is 1.40. The largest absolute Gasteiger partial charge is 0.426 e. The van der Waals surface area contributed by atoms with Crippen LogP contribution in [0.3, 0.4) is 0 Å². The van der Waals surface area contributed by atoms with Crippen LogP contribution in [-0.4, -0.2) is 15.8 Å². The van der Waals surface area contributed by atoms with Crippen molar-refractivity contribution in [2.24, 2.45) is 0 Å². The third kappa shape index (κ3) is 5.76. The van der Waals surface area contributed by atoms with Gasteiger partial charge in [0, 0.05) is 18.1 Å². The lowest BCUT2D eigenvalue weighted by Gasteiger charge is -2.30. The van der Waals surface area contributed by atoms with Crippen molar-refractivity contribution in [3.05, 3.63) is 28.8 Å². The van der Waals surface area contributed by atoms with Crippen LogP contribution < -0.4 is 4.74 Å². The second kappa shape index (κ2) is 6.39. The zero-order valence-electron chi connectivity index (χ0n) is 14.9. The van der Waals surface area contributed by atoms with Gasteiger partial charge < -0.3 is 14.5 Å². The first kappa shape index (κ1) is 19.9. The molecule has 0 saturated heterocycles. The molecule has 23 heavy (non-hydrogen) atoms. The molecular formula is C17H27O5P. The van der Waals surface area contributed by atoms with E-state index in [4.69, 9.17) is 4.74 Å². The van der Waals surface area contributed by atoms with Gasteiger partial charge in [0.2, 0.25) is 0 Å². The molecule has 1 rings (SSSR count). The third-order valence-corrected chi connectivity index (χ3v) is 4.18. The molecule has 0 amide bonds. The van der Waals surface area contributed by atoms with Crippen LogP contribution in [-0.2, 0) is 26.4 Å². The van der Waals surface area contributed by atoms with Crippen LogP contribution in [0, 0.1) is 0 Å². The minimum atomic E-state index is -4.18. The predicted molar refractivity (Wildman–Crippen MR) is 90.9 cm³/mol. The van der Waals surface area contributed by atoms with Gasteiger partial charge in [-0.25, -0.2) is 0 Å². The van der Waals surface area contributed by atoms with Gasteiger partial charge in [-0.1, -0.05) is 53.7 Å². The second-order valence-corrected chi connectivity index (χ2v) is 9.58. The fourth-order valence-electron chi connectivity index (χ4n) is 2.39. The predicted octanol–water partition coefficient (Wildman–Crippen LogP) is 3.88. The van der Waals surface area contributed by atoms with Crippen LogP contribution in [0.15, 0.2) is 12.1 Å².